The number of hydrogen-bond donors (Lipinski definition) is 0. The lowest BCUT2D eigenvalue weighted by atomic mass is 9.97. The summed E-state index contributed by atoms with van der Waals surface area (Å²) in [5, 5.41) is 0. The number of rotatable bonds is 6. The van der Waals surface area contributed by atoms with Crippen molar-refractivity contribution >= 4 is 0 Å². The molecule has 6 heteroatoms. The minimum atomic E-state index is -2.07. The minimum absolute atomic E-state index is 0.379. The van der Waals surface area contributed by atoms with Crippen LogP contribution in [-0.2, 0) is 42.3 Å². The molecule has 492 valence electrons. The standard InChI is InChI=1S/C16H20N.4C15H18N.C14H16N/c1-11-8-6-7-9-15(11)16-14(4)13(3)12(2)10-17(16)5;1-11-9-13(3)15(16(4)10-11)14-8-6-5-7-12(14)2;2*1-11-7-5-6-8-14(11)15-9-12(2)13(3)10-16(15)4;1-11-9-10-16(4)15(13(11)3)14-8-6-5-7-12(14)2;1-11-7-4-5-9-13(11)14-12(2)8-6-10-15(14)3/h6-10H,1-5H3;4*5-10H,1-4H3;4-10H,1-3H3/q6*+1/i2D3;1D3;2*3D3;;. The van der Waals surface area contributed by atoms with Crippen LogP contribution in [0.15, 0.2) is 219 Å². The fourth-order valence-electron chi connectivity index (χ4n) is 12.2. The molecule has 0 spiro atoms. The van der Waals surface area contributed by atoms with Gasteiger partial charge in [-0.3, -0.25) is 0 Å². The van der Waals surface area contributed by atoms with Crippen LogP contribution in [-0.4, -0.2) is 0 Å². The van der Waals surface area contributed by atoms with Crippen LogP contribution in [0.1, 0.15) is 117 Å². The van der Waals surface area contributed by atoms with Crippen molar-refractivity contribution in [2.75, 3.05) is 0 Å². The highest BCUT2D eigenvalue weighted by molar-refractivity contribution is 5.68. The van der Waals surface area contributed by atoms with Crippen LogP contribution in [0.2, 0.25) is 0 Å². The van der Waals surface area contributed by atoms with Gasteiger partial charge in [-0.2, -0.15) is 0 Å². The first kappa shape index (κ1) is 57.6. The molecule has 0 aliphatic carbocycles. The van der Waals surface area contributed by atoms with Gasteiger partial charge in [-0.1, -0.05) is 109 Å². The molecular weight excluding hydrogens is 1170 g/mol. The maximum Gasteiger partial charge on any atom is 0.215 e. The van der Waals surface area contributed by atoms with Gasteiger partial charge >= 0.3 is 0 Å². The van der Waals surface area contributed by atoms with E-state index in [1.165, 1.54) is 72.6 Å². The van der Waals surface area contributed by atoms with E-state index in [1.807, 2.05) is 142 Å². The van der Waals surface area contributed by atoms with Crippen LogP contribution < -0.4 is 27.4 Å². The number of aryl methyl sites for hydroxylation is 21. The Kier molecular flexibility index (Phi) is 20.1. The zero-order chi connectivity index (χ0) is 80.2. The fraction of sp³-hybridized carbons (Fsp3) is 0.267. The lowest BCUT2D eigenvalue weighted by molar-refractivity contribution is -0.661. The van der Waals surface area contributed by atoms with Crippen LogP contribution in [0.5, 0.6) is 0 Å². The lowest BCUT2D eigenvalue weighted by Crippen LogP contribution is -2.33. The summed E-state index contributed by atoms with van der Waals surface area (Å²) in [5.41, 5.74) is 31.5. The largest absolute Gasteiger partial charge is 0.215 e. The van der Waals surface area contributed by atoms with E-state index in [2.05, 4.69) is 213 Å². The van der Waals surface area contributed by atoms with Gasteiger partial charge in [-0.15, -0.1) is 0 Å². The molecule has 0 fully saturated rings. The normalized spacial score (nSPS) is 12.9. The molecule has 0 aliphatic rings. The molecule has 6 aromatic heterocycles. The number of nitrogens with zero attached hydrogens (tertiary/aromatic N) is 6. The molecule has 6 aromatic carbocycles. The Morgan fingerprint density at radius 2 is 0.552 bits per heavy atom. The van der Waals surface area contributed by atoms with Crippen LogP contribution in [0, 0.1) is 124 Å². The Labute approximate surface area is 594 Å². The first-order chi connectivity index (χ1) is 50.4. The highest BCUT2D eigenvalue weighted by Gasteiger charge is 2.21. The van der Waals surface area contributed by atoms with Gasteiger partial charge in [0.1, 0.15) is 42.3 Å². The Morgan fingerprint density at radius 1 is 0.219 bits per heavy atom. The first-order valence-electron chi connectivity index (χ1n) is 38.8. The van der Waals surface area contributed by atoms with Gasteiger partial charge in [0, 0.05) is 119 Å². The SMILES string of the molecule is Cc1ccccc1-c1c(C)c(C)cc[n+]1C.Cc1ccccc1-c1c(C)ccc[n+]1C.[2H]C([2H])([2H])c1c[n+](C)c(-c2ccccc2C)c(C)c1C.[2H]C([2H])([2H])c1c[n+](C)c(-c2ccccc2C)cc1C.[2H]C([2H])([2H])c1c[n+](C)c(-c2ccccc2C)cc1C.[2H]C([2H])([2H])c1cc(C)c(-c2ccccc2C)[n+](C)c1. The second-order valence-corrected chi connectivity index (χ2v) is 25.5. The van der Waals surface area contributed by atoms with E-state index in [0.717, 1.165) is 72.8 Å². The van der Waals surface area contributed by atoms with E-state index in [1.54, 1.807) is 30.9 Å². The molecule has 0 saturated carbocycles. The average molecular weight is 1290 g/mol. The highest BCUT2D eigenvalue weighted by atomic mass is 14.9. The molecule has 0 saturated heterocycles. The smallest absolute Gasteiger partial charge is 0.201 e. The highest BCUT2D eigenvalue weighted by Crippen LogP contribution is 2.29. The summed E-state index contributed by atoms with van der Waals surface area (Å²) in [6.45, 7) is 20.4. The van der Waals surface area contributed by atoms with Gasteiger partial charge in [0.2, 0.25) is 34.2 Å². The molecule has 6 nitrogen and oxygen atoms in total. The molecule has 12 aromatic rings. The predicted molar refractivity (Wildman–Crippen MR) is 404 cm³/mol. The van der Waals surface area contributed by atoms with Gasteiger partial charge in [0.05, 0.1) is 0 Å². The number of aromatic nitrogens is 6. The molecule has 0 aliphatic heterocycles. The third kappa shape index (κ3) is 18.2. The van der Waals surface area contributed by atoms with Crippen LogP contribution in [0.3, 0.4) is 0 Å². The summed E-state index contributed by atoms with van der Waals surface area (Å²) in [5.74, 6) is 0. The van der Waals surface area contributed by atoms with Gasteiger partial charge < -0.3 is 0 Å². The summed E-state index contributed by atoms with van der Waals surface area (Å²) in [6, 6.07) is 61.6. The maximum atomic E-state index is 7.64. The number of hydrogen-bond acceptors (Lipinski definition) is 0. The van der Waals surface area contributed by atoms with E-state index in [9.17, 15) is 0 Å². The summed E-state index contributed by atoms with van der Waals surface area (Å²) in [7, 11) is 11.8. The van der Waals surface area contributed by atoms with Crippen molar-refractivity contribution in [2.45, 2.75) is 124 Å². The molecule has 6 heterocycles. The second kappa shape index (κ2) is 33.6. The Bertz CT molecular complexity index is 5030. The Balaban J connectivity index is 0.000000181. The van der Waals surface area contributed by atoms with E-state index >= 15 is 0 Å². The summed E-state index contributed by atoms with van der Waals surface area (Å²) >= 11 is 0. The third-order valence-electron chi connectivity index (χ3n) is 18.1. The predicted octanol–water partition coefficient (Wildman–Crippen LogP) is 18.6. The zero-order valence-corrected chi connectivity index (χ0v) is 60.5. The molecule has 0 unspecified atom stereocenters. The van der Waals surface area contributed by atoms with Gasteiger partial charge in [0.15, 0.2) is 37.2 Å². The molecule has 96 heavy (non-hydrogen) atoms. The molecule has 0 amide bonds. The van der Waals surface area contributed by atoms with Crippen LogP contribution in [0.4, 0.5) is 0 Å². The molecule has 0 atom stereocenters. The maximum absolute atomic E-state index is 7.64. The van der Waals surface area contributed by atoms with Crippen molar-refractivity contribution in [3.05, 3.63) is 319 Å². The van der Waals surface area contributed by atoms with Crippen LogP contribution >= 0.6 is 0 Å². The summed E-state index contributed by atoms with van der Waals surface area (Å²) in [4.78, 5) is 0. The van der Waals surface area contributed by atoms with Crippen molar-refractivity contribution in [1.29, 1.82) is 0 Å². The second-order valence-electron chi connectivity index (χ2n) is 25.5. The Hall–Kier alpha value is -9.78. The van der Waals surface area contributed by atoms with Crippen molar-refractivity contribution in [3.8, 4) is 67.5 Å². The number of benzene rings is 6. The van der Waals surface area contributed by atoms with E-state index in [0.29, 0.717) is 22.3 Å². The molecule has 0 radical (unpaired) electrons. The van der Waals surface area contributed by atoms with E-state index in [4.69, 9.17) is 16.4 Å². The van der Waals surface area contributed by atoms with E-state index < -0.39 is 27.4 Å². The van der Waals surface area contributed by atoms with Crippen molar-refractivity contribution in [2.24, 2.45) is 42.3 Å². The molecular formula is C90H108N6+6. The van der Waals surface area contributed by atoms with Gasteiger partial charge in [0.25, 0.3) is 0 Å². The molecule has 0 N–H and O–H groups in total. The van der Waals surface area contributed by atoms with Gasteiger partial charge in [-0.25, -0.2) is 27.4 Å². The van der Waals surface area contributed by atoms with Crippen molar-refractivity contribution in [3.63, 3.8) is 0 Å². The molecule has 0 bridgehead atoms. The quantitative estimate of drug-likeness (QED) is 0.148. The zero-order valence-electron chi connectivity index (χ0n) is 72.5. The average Bonchev–Trinajstić information content (AvgIpc) is 0.724. The summed E-state index contributed by atoms with van der Waals surface area (Å²) in [6.07, 6.45) is 11.1. The lowest BCUT2D eigenvalue weighted by Gasteiger charge is -2.10. The number of pyridine rings is 6. The van der Waals surface area contributed by atoms with Gasteiger partial charge in [-0.05, 0) is 229 Å². The van der Waals surface area contributed by atoms with Crippen molar-refractivity contribution in [1.82, 2.24) is 0 Å². The molecule has 12 rings (SSSR count). The Morgan fingerprint density at radius 3 is 0.927 bits per heavy atom. The summed E-state index contributed by atoms with van der Waals surface area (Å²) < 4.78 is 103. The van der Waals surface area contributed by atoms with Crippen molar-refractivity contribution < 1.29 is 43.9 Å². The first-order valence-corrected chi connectivity index (χ1v) is 32.8. The van der Waals surface area contributed by atoms with Crippen LogP contribution in [0.25, 0.3) is 67.5 Å². The van der Waals surface area contributed by atoms with E-state index in [-0.39, 0.29) is 0 Å². The third-order valence-corrected chi connectivity index (χ3v) is 18.1. The fourth-order valence-corrected chi connectivity index (χ4v) is 12.2. The minimum Gasteiger partial charge on any atom is -0.201 e. The monoisotopic (exact) mass is 1280 g/mol. The topological polar surface area (TPSA) is 23.3 Å².